The summed E-state index contributed by atoms with van der Waals surface area (Å²) in [5, 5.41) is 6.38. The molecule has 1 aromatic heterocycles. The number of aromatic nitrogens is 2. The van der Waals surface area contributed by atoms with Gasteiger partial charge >= 0.3 is 0 Å². The van der Waals surface area contributed by atoms with Crippen LogP contribution in [0, 0.1) is 12.3 Å². The topological polar surface area (TPSA) is 102 Å². The van der Waals surface area contributed by atoms with Gasteiger partial charge in [-0.15, -0.1) is 6.42 Å². The van der Waals surface area contributed by atoms with Gasteiger partial charge in [0.2, 0.25) is 0 Å². The molecule has 1 aliphatic carbocycles. The molecule has 1 amide bonds. The van der Waals surface area contributed by atoms with Gasteiger partial charge in [-0.05, 0) is 61.4 Å². The molecule has 1 aliphatic rings. The van der Waals surface area contributed by atoms with Crippen molar-refractivity contribution in [2.75, 3.05) is 11.1 Å². The van der Waals surface area contributed by atoms with Crippen LogP contribution in [-0.2, 0) is 4.79 Å². The molecule has 4 N–H and O–H groups in total. The number of nitrogens with one attached hydrogen (secondary N) is 2. The van der Waals surface area contributed by atoms with Gasteiger partial charge in [-0.3, -0.25) is 4.79 Å². The molecular formula is C25H25N5O2. The monoisotopic (exact) mass is 427 g/mol. The van der Waals surface area contributed by atoms with Crippen molar-refractivity contribution in [2.24, 2.45) is 0 Å². The molecule has 32 heavy (non-hydrogen) atoms. The van der Waals surface area contributed by atoms with Crippen LogP contribution in [0.2, 0.25) is 0 Å². The van der Waals surface area contributed by atoms with E-state index in [0.29, 0.717) is 11.6 Å². The lowest BCUT2D eigenvalue weighted by Gasteiger charge is -2.30. The van der Waals surface area contributed by atoms with Crippen LogP contribution in [0.3, 0.4) is 0 Å². The van der Waals surface area contributed by atoms with Gasteiger partial charge in [0.05, 0.1) is 5.56 Å². The number of hydrogen-bond donors (Lipinski definition) is 3. The smallest absolute Gasteiger partial charge is 0.295 e. The van der Waals surface area contributed by atoms with Gasteiger partial charge in [-0.25, -0.2) is 9.97 Å². The molecule has 2 atom stereocenters. The lowest BCUT2D eigenvalue weighted by atomic mass is 9.90. The summed E-state index contributed by atoms with van der Waals surface area (Å²) in [5.74, 6) is 4.31. The fourth-order valence-corrected chi connectivity index (χ4v) is 3.98. The van der Waals surface area contributed by atoms with Crippen LogP contribution in [0.25, 0.3) is 11.1 Å². The van der Waals surface area contributed by atoms with Crippen LogP contribution >= 0.6 is 0 Å². The van der Waals surface area contributed by atoms with E-state index in [1.54, 1.807) is 0 Å². The summed E-state index contributed by atoms with van der Waals surface area (Å²) in [6.45, 7) is 0. The first-order valence-corrected chi connectivity index (χ1v) is 10.6. The highest BCUT2D eigenvalue weighted by Crippen LogP contribution is 2.34. The molecule has 0 spiro atoms. The van der Waals surface area contributed by atoms with Crippen LogP contribution in [-0.4, -0.2) is 28.0 Å². The molecule has 0 aliphatic heterocycles. The third kappa shape index (κ3) is 5.16. The maximum Gasteiger partial charge on any atom is 0.295 e. The third-order valence-electron chi connectivity index (χ3n) is 5.48. The lowest BCUT2D eigenvalue weighted by Crippen LogP contribution is -2.41. The third-order valence-corrected chi connectivity index (χ3v) is 5.48. The Hall–Kier alpha value is -4.05. The molecule has 3 aromatic rings. The zero-order valence-corrected chi connectivity index (χ0v) is 17.6. The largest absolute Gasteiger partial charge is 0.457 e. The number of ether oxygens (including phenoxy) is 1. The summed E-state index contributed by atoms with van der Waals surface area (Å²) in [4.78, 5) is 20.2. The van der Waals surface area contributed by atoms with Gasteiger partial charge in [0.1, 0.15) is 29.5 Å². The molecule has 1 unspecified atom stereocenters. The molecule has 2 aromatic carbocycles. The van der Waals surface area contributed by atoms with Crippen molar-refractivity contribution in [2.45, 2.75) is 37.8 Å². The highest BCUT2D eigenvalue weighted by atomic mass is 16.5. The summed E-state index contributed by atoms with van der Waals surface area (Å²) in [6.07, 6.45) is 10.3. The minimum Gasteiger partial charge on any atom is -0.457 e. The van der Waals surface area contributed by atoms with Crippen molar-refractivity contribution in [3.05, 3.63) is 60.9 Å². The Labute approximate surface area is 187 Å². The minimum absolute atomic E-state index is 0.0434. The molecule has 7 nitrogen and oxygen atoms in total. The van der Waals surface area contributed by atoms with Gasteiger partial charge in [-0.1, -0.05) is 30.3 Å². The SMILES string of the molecule is C#CC(=O)NC1CCC[C@H](Nc2ncnc(N)c2-c2ccc(Oc3ccccc3)cc2)C1. The number of para-hydroxylation sites is 1. The number of benzene rings is 2. The summed E-state index contributed by atoms with van der Waals surface area (Å²) >= 11 is 0. The number of carbonyl (C=O) groups is 1. The van der Waals surface area contributed by atoms with E-state index in [1.165, 1.54) is 6.33 Å². The maximum atomic E-state index is 11.6. The molecular weight excluding hydrogens is 402 g/mol. The lowest BCUT2D eigenvalue weighted by molar-refractivity contribution is -0.116. The van der Waals surface area contributed by atoms with Gasteiger partial charge < -0.3 is 21.1 Å². The second kappa shape index (κ2) is 9.84. The van der Waals surface area contributed by atoms with E-state index in [0.717, 1.165) is 48.3 Å². The fourth-order valence-electron chi connectivity index (χ4n) is 3.98. The highest BCUT2D eigenvalue weighted by Gasteiger charge is 2.24. The Kier molecular flexibility index (Phi) is 6.52. The zero-order chi connectivity index (χ0) is 22.3. The van der Waals surface area contributed by atoms with Crippen molar-refractivity contribution < 1.29 is 9.53 Å². The van der Waals surface area contributed by atoms with Crippen molar-refractivity contribution in [3.63, 3.8) is 0 Å². The average Bonchev–Trinajstić information content (AvgIpc) is 2.81. The number of anilines is 2. The number of hydrogen-bond acceptors (Lipinski definition) is 6. The highest BCUT2D eigenvalue weighted by molar-refractivity contribution is 5.93. The first kappa shape index (κ1) is 21.2. The standard InChI is InChI=1S/C25H25N5O2/c1-2-22(31)29-18-7-6-8-19(15-18)30-25-23(24(26)27-16-28-25)17-11-13-21(14-12-17)32-20-9-4-3-5-10-20/h1,3-5,9-14,16,18-19H,6-8,15H2,(H,29,31)(H3,26,27,28,30)/t18?,19-/m0/s1. The van der Waals surface area contributed by atoms with Crippen LogP contribution in [0.15, 0.2) is 60.9 Å². The molecule has 0 radical (unpaired) electrons. The van der Waals surface area contributed by atoms with Crippen LogP contribution in [0.4, 0.5) is 11.6 Å². The van der Waals surface area contributed by atoms with Crippen molar-refractivity contribution in [1.82, 2.24) is 15.3 Å². The average molecular weight is 428 g/mol. The summed E-state index contributed by atoms with van der Waals surface area (Å²) in [6, 6.07) is 17.5. The van der Waals surface area contributed by atoms with E-state index in [-0.39, 0.29) is 18.0 Å². The Morgan fingerprint density at radius 2 is 1.75 bits per heavy atom. The van der Waals surface area contributed by atoms with E-state index >= 15 is 0 Å². The van der Waals surface area contributed by atoms with E-state index in [2.05, 4.69) is 26.5 Å². The Balaban J connectivity index is 1.51. The number of terminal acetylenes is 1. The normalized spacial score (nSPS) is 17.7. The quantitative estimate of drug-likeness (QED) is 0.514. The minimum atomic E-state index is -0.375. The summed E-state index contributed by atoms with van der Waals surface area (Å²) in [7, 11) is 0. The molecule has 7 heteroatoms. The number of rotatable bonds is 6. The second-order valence-corrected chi connectivity index (χ2v) is 7.74. The number of nitrogens with two attached hydrogens (primary N) is 1. The van der Waals surface area contributed by atoms with Crippen LogP contribution in [0.5, 0.6) is 11.5 Å². The number of nitrogens with zero attached hydrogens (tertiary/aromatic N) is 2. The predicted octanol–water partition coefficient (Wildman–Crippen LogP) is 3.99. The number of carbonyl (C=O) groups excluding carboxylic acids is 1. The van der Waals surface area contributed by atoms with Crippen molar-refractivity contribution in [3.8, 4) is 35.0 Å². The molecule has 1 heterocycles. The van der Waals surface area contributed by atoms with Gasteiger partial charge in [0.25, 0.3) is 5.91 Å². The molecule has 4 rings (SSSR count). The van der Waals surface area contributed by atoms with Crippen molar-refractivity contribution in [1.29, 1.82) is 0 Å². The molecule has 0 bridgehead atoms. The van der Waals surface area contributed by atoms with Gasteiger partial charge in [0.15, 0.2) is 0 Å². The Morgan fingerprint density at radius 3 is 2.50 bits per heavy atom. The molecule has 1 fully saturated rings. The van der Waals surface area contributed by atoms with E-state index < -0.39 is 0 Å². The summed E-state index contributed by atoms with van der Waals surface area (Å²) in [5.41, 5.74) is 7.86. The summed E-state index contributed by atoms with van der Waals surface area (Å²) < 4.78 is 5.88. The molecule has 162 valence electrons. The fraction of sp³-hybridized carbons (Fsp3) is 0.240. The Morgan fingerprint density at radius 1 is 1.03 bits per heavy atom. The van der Waals surface area contributed by atoms with Crippen LogP contribution in [0.1, 0.15) is 25.7 Å². The maximum absolute atomic E-state index is 11.6. The van der Waals surface area contributed by atoms with E-state index in [4.69, 9.17) is 16.9 Å². The predicted molar refractivity (Wildman–Crippen MR) is 125 cm³/mol. The van der Waals surface area contributed by atoms with E-state index in [1.807, 2.05) is 54.6 Å². The number of nitrogen functional groups attached to an aromatic ring is 1. The first-order valence-electron chi connectivity index (χ1n) is 10.6. The zero-order valence-electron chi connectivity index (χ0n) is 17.6. The van der Waals surface area contributed by atoms with Crippen molar-refractivity contribution >= 4 is 17.5 Å². The van der Waals surface area contributed by atoms with Gasteiger partial charge in [0, 0.05) is 12.1 Å². The van der Waals surface area contributed by atoms with E-state index in [9.17, 15) is 4.79 Å². The number of amides is 1. The second-order valence-electron chi connectivity index (χ2n) is 7.74. The molecule has 1 saturated carbocycles. The van der Waals surface area contributed by atoms with Gasteiger partial charge in [-0.2, -0.15) is 0 Å². The first-order chi connectivity index (χ1) is 15.6. The van der Waals surface area contributed by atoms with Crippen LogP contribution < -0.4 is 21.1 Å². The molecule has 0 saturated heterocycles. The Bertz CT molecular complexity index is 1110.